The fourth-order valence-corrected chi connectivity index (χ4v) is 5.72. The highest BCUT2D eigenvalue weighted by atomic mass is 15.1. The first-order valence-corrected chi connectivity index (χ1v) is 10.6. The van der Waals surface area contributed by atoms with E-state index >= 15 is 0 Å². The van der Waals surface area contributed by atoms with Gasteiger partial charge in [0, 0.05) is 35.2 Å². The summed E-state index contributed by atoms with van der Waals surface area (Å²) in [5, 5.41) is 2.29. The van der Waals surface area contributed by atoms with Crippen LogP contribution in [0.2, 0.25) is 0 Å². The average molecular weight is 396 g/mol. The minimum Gasteiger partial charge on any atom is -0.292 e. The third kappa shape index (κ3) is 1.84. The molecule has 4 nitrogen and oxygen atoms in total. The molecule has 0 saturated heterocycles. The summed E-state index contributed by atoms with van der Waals surface area (Å²) >= 11 is 0. The molecule has 0 amide bonds. The van der Waals surface area contributed by atoms with E-state index < -0.39 is 0 Å². The number of fused-ring (bicyclic) bond motifs is 14. The van der Waals surface area contributed by atoms with E-state index in [9.17, 15) is 0 Å². The van der Waals surface area contributed by atoms with Crippen LogP contribution in [0, 0.1) is 0 Å². The summed E-state index contributed by atoms with van der Waals surface area (Å²) < 4.78 is 2.29. The van der Waals surface area contributed by atoms with Crippen molar-refractivity contribution in [3.63, 3.8) is 0 Å². The van der Waals surface area contributed by atoms with Gasteiger partial charge in [0.2, 0.25) is 0 Å². The Balaban J connectivity index is 1.50. The molecule has 0 aliphatic heterocycles. The predicted molar refractivity (Wildman–Crippen MR) is 122 cm³/mol. The standard InChI is InChI=1S/C27H16N4/c1-2-5-17-15(4-1)12-16-7-8-20-21(24(16)17)13-22-25(20)30-27-26-19(6-3-10-29-26)18-9-11-28-14-23(18)31(22)27/h1-11,14H,12-13H2. The summed E-state index contributed by atoms with van der Waals surface area (Å²) in [6, 6.07) is 19.6. The van der Waals surface area contributed by atoms with Crippen LogP contribution in [-0.2, 0) is 12.8 Å². The normalized spacial score (nSPS) is 13.5. The minimum atomic E-state index is 0.881. The van der Waals surface area contributed by atoms with Gasteiger partial charge in [-0.3, -0.25) is 14.4 Å². The second-order valence-corrected chi connectivity index (χ2v) is 8.50. The van der Waals surface area contributed by atoms with Gasteiger partial charge in [-0.05, 0) is 46.4 Å². The van der Waals surface area contributed by atoms with Crippen molar-refractivity contribution >= 4 is 27.5 Å². The summed E-state index contributed by atoms with van der Waals surface area (Å²) in [5.41, 5.74) is 13.6. The molecule has 6 aromatic rings. The lowest BCUT2D eigenvalue weighted by Gasteiger charge is -2.11. The van der Waals surface area contributed by atoms with Crippen molar-refractivity contribution in [2.45, 2.75) is 12.8 Å². The molecule has 2 aliphatic rings. The molecule has 0 fully saturated rings. The van der Waals surface area contributed by atoms with E-state index in [2.05, 4.69) is 57.9 Å². The topological polar surface area (TPSA) is 43.1 Å². The molecule has 0 unspecified atom stereocenters. The SMILES string of the molecule is c1ccc2c(c1)Cc1ccc3c(c1-2)Cc1c-3nc2c3ncccc3c3ccncc3n12. The lowest BCUT2D eigenvalue weighted by atomic mass is 9.96. The molecule has 0 atom stereocenters. The number of hydrogen-bond acceptors (Lipinski definition) is 3. The third-order valence-corrected chi connectivity index (χ3v) is 6.99. The molecular formula is C27H16N4. The Morgan fingerprint density at radius 3 is 2.74 bits per heavy atom. The number of pyridine rings is 3. The van der Waals surface area contributed by atoms with Crippen molar-refractivity contribution in [1.29, 1.82) is 0 Å². The molecule has 0 bridgehead atoms. The third-order valence-electron chi connectivity index (χ3n) is 6.99. The highest BCUT2D eigenvalue weighted by molar-refractivity contribution is 6.10. The maximum absolute atomic E-state index is 5.17. The number of rotatable bonds is 0. The van der Waals surface area contributed by atoms with Gasteiger partial charge in [0.1, 0.15) is 5.52 Å². The van der Waals surface area contributed by atoms with Crippen LogP contribution >= 0.6 is 0 Å². The number of nitrogens with zero attached hydrogens (tertiary/aromatic N) is 4. The number of hydrogen-bond donors (Lipinski definition) is 0. The van der Waals surface area contributed by atoms with Crippen LogP contribution in [-0.4, -0.2) is 19.4 Å². The molecule has 0 spiro atoms. The van der Waals surface area contributed by atoms with Gasteiger partial charge < -0.3 is 0 Å². The first-order chi connectivity index (χ1) is 15.4. The molecule has 0 saturated carbocycles. The zero-order chi connectivity index (χ0) is 20.1. The van der Waals surface area contributed by atoms with Gasteiger partial charge in [-0.25, -0.2) is 4.98 Å². The molecule has 31 heavy (non-hydrogen) atoms. The number of benzene rings is 2. The van der Waals surface area contributed by atoms with Crippen molar-refractivity contribution in [2.24, 2.45) is 0 Å². The van der Waals surface area contributed by atoms with Crippen LogP contribution in [0.15, 0.2) is 73.2 Å². The zero-order valence-electron chi connectivity index (χ0n) is 16.6. The van der Waals surface area contributed by atoms with Gasteiger partial charge in [-0.2, -0.15) is 0 Å². The molecule has 4 aromatic heterocycles. The smallest absolute Gasteiger partial charge is 0.164 e. The van der Waals surface area contributed by atoms with Gasteiger partial charge in [-0.1, -0.05) is 42.5 Å². The molecule has 4 heteroatoms. The highest BCUT2D eigenvalue weighted by Gasteiger charge is 2.32. The van der Waals surface area contributed by atoms with Crippen LogP contribution in [0.3, 0.4) is 0 Å². The van der Waals surface area contributed by atoms with E-state index in [4.69, 9.17) is 9.97 Å². The van der Waals surface area contributed by atoms with Gasteiger partial charge in [-0.15, -0.1) is 0 Å². The van der Waals surface area contributed by atoms with Crippen molar-refractivity contribution in [3.8, 4) is 22.4 Å². The van der Waals surface area contributed by atoms with E-state index in [1.54, 1.807) is 0 Å². The number of aromatic nitrogens is 4. The number of imidazole rings is 1. The largest absolute Gasteiger partial charge is 0.292 e. The average Bonchev–Trinajstić information content (AvgIpc) is 3.48. The first-order valence-electron chi connectivity index (χ1n) is 10.6. The molecule has 144 valence electrons. The minimum absolute atomic E-state index is 0.881. The fraction of sp³-hybridized carbons (Fsp3) is 0.0741. The van der Waals surface area contributed by atoms with Gasteiger partial charge >= 0.3 is 0 Å². The maximum Gasteiger partial charge on any atom is 0.164 e. The molecule has 8 rings (SSSR count). The van der Waals surface area contributed by atoms with Crippen molar-refractivity contribution < 1.29 is 0 Å². The second kappa shape index (κ2) is 5.35. The van der Waals surface area contributed by atoms with Crippen molar-refractivity contribution in [3.05, 3.63) is 95.6 Å². The second-order valence-electron chi connectivity index (χ2n) is 8.50. The lowest BCUT2D eigenvalue weighted by Crippen LogP contribution is -1.98. The molecular weight excluding hydrogens is 380 g/mol. The van der Waals surface area contributed by atoms with Crippen LogP contribution in [0.1, 0.15) is 22.4 Å². The first kappa shape index (κ1) is 15.7. The molecule has 0 N–H and O–H groups in total. The van der Waals surface area contributed by atoms with Crippen molar-refractivity contribution in [2.75, 3.05) is 0 Å². The Kier molecular flexibility index (Phi) is 2.72. The summed E-state index contributed by atoms with van der Waals surface area (Å²) in [7, 11) is 0. The Labute approximate surface area is 177 Å². The van der Waals surface area contributed by atoms with E-state index in [0.29, 0.717) is 0 Å². The van der Waals surface area contributed by atoms with Crippen molar-refractivity contribution in [1.82, 2.24) is 19.4 Å². The Morgan fingerprint density at radius 1 is 0.774 bits per heavy atom. The van der Waals surface area contributed by atoms with Crippen LogP contribution < -0.4 is 0 Å². The Bertz CT molecular complexity index is 1740. The van der Waals surface area contributed by atoms with E-state index in [1.807, 2.05) is 24.7 Å². The van der Waals surface area contributed by atoms with Crippen LogP contribution in [0.5, 0.6) is 0 Å². The Hall–Kier alpha value is -4.05. The molecule has 2 aliphatic carbocycles. The molecule has 0 radical (unpaired) electrons. The van der Waals surface area contributed by atoms with E-state index in [-0.39, 0.29) is 0 Å². The lowest BCUT2D eigenvalue weighted by molar-refractivity contribution is 1.08. The van der Waals surface area contributed by atoms with Gasteiger partial charge in [0.15, 0.2) is 5.65 Å². The fourth-order valence-electron chi connectivity index (χ4n) is 5.72. The molecule has 4 heterocycles. The summed E-state index contributed by atoms with van der Waals surface area (Å²) in [6.45, 7) is 0. The maximum atomic E-state index is 5.17. The van der Waals surface area contributed by atoms with Crippen LogP contribution in [0.25, 0.3) is 49.8 Å². The van der Waals surface area contributed by atoms with Gasteiger partial charge in [0.05, 0.1) is 23.1 Å². The highest BCUT2D eigenvalue weighted by Crippen LogP contribution is 2.48. The summed E-state index contributed by atoms with van der Waals surface area (Å²) in [5.74, 6) is 0. The van der Waals surface area contributed by atoms with E-state index in [0.717, 1.165) is 46.0 Å². The van der Waals surface area contributed by atoms with Gasteiger partial charge in [0.25, 0.3) is 0 Å². The summed E-state index contributed by atoms with van der Waals surface area (Å²) in [4.78, 5) is 14.3. The predicted octanol–water partition coefficient (Wildman–Crippen LogP) is 5.57. The molecule has 2 aromatic carbocycles. The Morgan fingerprint density at radius 2 is 1.74 bits per heavy atom. The van der Waals surface area contributed by atoms with E-state index in [1.165, 1.54) is 39.1 Å². The van der Waals surface area contributed by atoms with Crippen LogP contribution in [0.4, 0.5) is 0 Å². The monoisotopic (exact) mass is 396 g/mol. The summed E-state index contributed by atoms with van der Waals surface area (Å²) in [6.07, 6.45) is 7.57. The zero-order valence-corrected chi connectivity index (χ0v) is 16.6. The quantitative estimate of drug-likeness (QED) is 0.315.